The van der Waals surface area contributed by atoms with Gasteiger partial charge in [0.25, 0.3) is 11.8 Å². The molecule has 0 aliphatic carbocycles. The maximum atomic E-state index is 13.3. The van der Waals surface area contributed by atoms with E-state index in [9.17, 15) is 14.0 Å². The van der Waals surface area contributed by atoms with Crippen LogP contribution in [0.2, 0.25) is 0 Å². The molecule has 0 spiro atoms. The van der Waals surface area contributed by atoms with Crippen LogP contribution in [0.5, 0.6) is 0 Å². The number of halogens is 1. The lowest BCUT2D eigenvalue weighted by atomic mass is 10.0. The number of hydrogen-bond donors (Lipinski definition) is 1. The lowest BCUT2D eigenvalue weighted by Crippen LogP contribution is -2.32. The van der Waals surface area contributed by atoms with Gasteiger partial charge < -0.3 is 5.32 Å². The van der Waals surface area contributed by atoms with Gasteiger partial charge in [0.15, 0.2) is 0 Å². The van der Waals surface area contributed by atoms with Crippen molar-refractivity contribution in [1.29, 1.82) is 0 Å². The van der Waals surface area contributed by atoms with E-state index in [4.69, 9.17) is 0 Å². The topological polar surface area (TPSA) is 49.4 Å². The SMILES string of the molecule is CCN1C(=O)C(Nc2cccc3ccccc23)=C(c2ccc(F)cc2)C1=O. The number of nitrogens with zero attached hydrogens (tertiary/aromatic N) is 1. The Hall–Kier alpha value is -3.47. The predicted molar refractivity (Wildman–Crippen MR) is 103 cm³/mol. The van der Waals surface area contributed by atoms with E-state index in [1.54, 1.807) is 6.92 Å². The van der Waals surface area contributed by atoms with E-state index in [-0.39, 0.29) is 29.6 Å². The number of anilines is 1. The van der Waals surface area contributed by atoms with Crippen molar-refractivity contribution in [2.24, 2.45) is 0 Å². The second kappa shape index (κ2) is 6.68. The molecule has 2 amide bonds. The van der Waals surface area contributed by atoms with Crippen molar-refractivity contribution >= 4 is 33.8 Å². The molecule has 0 radical (unpaired) electrons. The van der Waals surface area contributed by atoms with Gasteiger partial charge >= 0.3 is 0 Å². The summed E-state index contributed by atoms with van der Waals surface area (Å²) in [5.74, 6) is -1.15. The van der Waals surface area contributed by atoms with Gasteiger partial charge in [0.1, 0.15) is 11.5 Å². The Morgan fingerprint density at radius 2 is 1.59 bits per heavy atom. The molecule has 1 N–H and O–H groups in total. The second-order valence-electron chi connectivity index (χ2n) is 6.26. The predicted octanol–water partition coefficient (Wildman–Crippen LogP) is 4.19. The van der Waals surface area contributed by atoms with E-state index in [1.165, 1.54) is 29.2 Å². The van der Waals surface area contributed by atoms with Gasteiger partial charge in [-0.05, 0) is 36.1 Å². The van der Waals surface area contributed by atoms with Gasteiger partial charge in [0, 0.05) is 17.6 Å². The number of amides is 2. The van der Waals surface area contributed by atoms with Gasteiger partial charge in [0.2, 0.25) is 0 Å². The molecule has 27 heavy (non-hydrogen) atoms. The standard InChI is InChI=1S/C22H17FN2O2/c1-2-25-21(26)19(15-10-12-16(23)13-11-15)20(22(25)27)24-18-9-5-7-14-6-3-4-8-17(14)18/h3-13,24H,2H2,1H3. The number of fused-ring (bicyclic) bond motifs is 1. The fourth-order valence-electron chi connectivity index (χ4n) is 3.33. The number of carbonyl (C=O) groups is 2. The summed E-state index contributed by atoms with van der Waals surface area (Å²) < 4.78 is 13.3. The molecule has 0 fully saturated rings. The molecule has 0 unspecified atom stereocenters. The van der Waals surface area contributed by atoms with E-state index >= 15 is 0 Å². The van der Waals surface area contributed by atoms with Crippen molar-refractivity contribution in [3.8, 4) is 0 Å². The molecule has 3 aromatic rings. The molecule has 1 aliphatic rings. The van der Waals surface area contributed by atoms with E-state index in [0.717, 1.165) is 16.5 Å². The molecule has 1 aliphatic heterocycles. The molecule has 0 saturated heterocycles. The Balaban J connectivity index is 1.86. The van der Waals surface area contributed by atoms with E-state index < -0.39 is 5.82 Å². The highest BCUT2D eigenvalue weighted by Crippen LogP contribution is 2.32. The van der Waals surface area contributed by atoms with Crippen LogP contribution < -0.4 is 5.32 Å². The molecule has 3 aromatic carbocycles. The summed E-state index contributed by atoms with van der Waals surface area (Å²) in [4.78, 5) is 26.8. The molecular weight excluding hydrogens is 343 g/mol. The monoisotopic (exact) mass is 360 g/mol. The molecule has 4 rings (SSSR count). The summed E-state index contributed by atoms with van der Waals surface area (Å²) in [5.41, 5.74) is 1.72. The van der Waals surface area contributed by atoms with Crippen LogP contribution in [0.25, 0.3) is 16.3 Å². The summed E-state index contributed by atoms with van der Waals surface area (Å²) in [6, 6.07) is 19.1. The van der Waals surface area contributed by atoms with Crippen LogP contribution in [0.1, 0.15) is 12.5 Å². The van der Waals surface area contributed by atoms with Crippen molar-refractivity contribution in [3.63, 3.8) is 0 Å². The number of benzene rings is 3. The first kappa shape index (κ1) is 17.0. The third-order valence-electron chi connectivity index (χ3n) is 4.67. The number of nitrogens with one attached hydrogen (secondary N) is 1. The summed E-state index contributed by atoms with van der Waals surface area (Å²) in [5, 5.41) is 5.13. The minimum atomic E-state index is -0.396. The van der Waals surface area contributed by atoms with Crippen molar-refractivity contribution in [3.05, 3.63) is 83.8 Å². The molecule has 0 saturated carbocycles. The normalized spacial score (nSPS) is 14.4. The van der Waals surface area contributed by atoms with Crippen LogP contribution in [0.15, 0.2) is 72.4 Å². The minimum absolute atomic E-state index is 0.213. The van der Waals surface area contributed by atoms with Crippen LogP contribution in [0, 0.1) is 5.82 Å². The first-order chi connectivity index (χ1) is 13.1. The van der Waals surface area contributed by atoms with Crippen molar-refractivity contribution < 1.29 is 14.0 Å². The zero-order chi connectivity index (χ0) is 19.0. The molecule has 5 heteroatoms. The largest absolute Gasteiger partial charge is 0.350 e. The summed E-state index contributed by atoms with van der Waals surface area (Å²) >= 11 is 0. The van der Waals surface area contributed by atoms with Gasteiger partial charge in [-0.2, -0.15) is 0 Å². The highest BCUT2D eigenvalue weighted by molar-refractivity contribution is 6.36. The Kier molecular flexibility index (Phi) is 4.20. The lowest BCUT2D eigenvalue weighted by Gasteiger charge is -2.13. The molecule has 0 atom stereocenters. The zero-order valence-corrected chi connectivity index (χ0v) is 14.7. The Labute approximate surface area is 155 Å². The van der Waals surface area contributed by atoms with Crippen LogP contribution in [-0.2, 0) is 9.59 Å². The first-order valence-corrected chi connectivity index (χ1v) is 8.71. The minimum Gasteiger partial charge on any atom is -0.350 e. The van der Waals surface area contributed by atoms with Crippen molar-refractivity contribution in [1.82, 2.24) is 4.90 Å². The third kappa shape index (κ3) is 2.87. The van der Waals surface area contributed by atoms with Gasteiger partial charge in [-0.15, -0.1) is 0 Å². The molecule has 134 valence electrons. The molecular formula is C22H17FN2O2. The summed E-state index contributed by atoms with van der Waals surface area (Å²) in [7, 11) is 0. The Morgan fingerprint density at radius 3 is 2.33 bits per heavy atom. The van der Waals surface area contributed by atoms with Crippen LogP contribution in [0.3, 0.4) is 0 Å². The summed E-state index contributed by atoms with van der Waals surface area (Å²) in [6.07, 6.45) is 0. The molecule has 0 aromatic heterocycles. The maximum absolute atomic E-state index is 13.3. The van der Waals surface area contributed by atoms with Gasteiger partial charge in [-0.1, -0.05) is 48.5 Å². The van der Waals surface area contributed by atoms with Crippen LogP contribution in [-0.4, -0.2) is 23.3 Å². The number of hydrogen-bond acceptors (Lipinski definition) is 3. The second-order valence-corrected chi connectivity index (χ2v) is 6.26. The highest BCUT2D eigenvalue weighted by Gasteiger charge is 2.38. The summed E-state index contributed by atoms with van der Waals surface area (Å²) in [6.45, 7) is 2.02. The van der Waals surface area contributed by atoms with E-state index in [1.807, 2.05) is 42.5 Å². The molecule has 4 nitrogen and oxygen atoms in total. The Morgan fingerprint density at radius 1 is 0.889 bits per heavy atom. The lowest BCUT2D eigenvalue weighted by molar-refractivity contribution is -0.136. The van der Waals surface area contributed by atoms with Crippen LogP contribution in [0.4, 0.5) is 10.1 Å². The van der Waals surface area contributed by atoms with E-state index in [2.05, 4.69) is 5.32 Å². The number of likely N-dealkylation sites (N-methyl/N-ethyl adjacent to an activating group) is 1. The fraction of sp³-hybridized carbons (Fsp3) is 0.0909. The molecule has 1 heterocycles. The average molecular weight is 360 g/mol. The Bertz CT molecular complexity index is 1080. The molecule has 0 bridgehead atoms. The van der Waals surface area contributed by atoms with Gasteiger partial charge in [-0.3, -0.25) is 14.5 Å². The highest BCUT2D eigenvalue weighted by atomic mass is 19.1. The van der Waals surface area contributed by atoms with Gasteiger partial charge in [0.05, 0.1) is 5.57 Å². The average Bonchev–Trinajstić information content (AvgIpc) is 2.92. The number of rotatable bonds is 4. The third-order valence-corrected chi connectivity index (χ3v) is 4.67. The van der Waals surface area contributed by atoms with Crippen molar-refractivity contribution in [2.75, 3.05) is 11.9 Å². The first-order valence-electron chi connectivity index (χ1n) is 8.71. The van der Waals surface area contributed by atoms with Crippen LogP contribution >= 0.6 is 0 Å². The quantitative estimate of drug-likeness (QED) is 0.710. The smallest absolute Gasteiger partial charge is 0.278 e. The number of imide groups is 1. The number of carbonyl (C=O) groups excluding carboxylic acids is 2. The zero-order valence-electron chi connectivity index (χ0n) is 14.7. The van der Waals surface area contributed by atoms with E-state index in [0.29, 0.717) is 5.56 Å². The van der Waals surface area contributed by atoms with Gasteiger partial charge in [-0.25, -0.2) is 4.39 Å². The fourth-order valence-corrected chi connectivity index (χ4v) is 3.33. The maximum Gasteiger partial charge on any atom is 0.278 e. The van der Waals surface area contributed by atoms with Crippen molar-refractivity contribution in [2.45, 2.75) is 6.92 Å².